The van der Waals surface area contributed by atoms with Crippen molar-refractivity contribution in [2.24, 2.45) is 5.92 Å². The number of halogens is 1. The molecule has 1 fully saturated rings. The van der Waals surface area contributed by atoms with E-state index in [1.54, 1.807) is 42.7 Å². The van der Waals surface area contributed by atoms with Crippen LogP contribution in [0.1, 0.15) is 47.8 Å². The third kappa shape index (κ3) is 3.89. The van der Waals surface area contributed by atoms with E-state index in [-0.39, 0.29) is 23.5 Å². The molecule has 6 heteroatoms. The van der Waals surface area contributed by atoms with Crippen molar-refractivity contribution in [3.05, 3.63) is 71.9 Å². The van der Waals surface area contributed by atoms with Crippen molar-refractivity contribution < 1.29 is 13.7 Å². The highest BCUT2D eigenvalue weighted by atomic mass is 19.1. The van der Waals surface area contributed by atoms with E-state index in [0.717, 1.165) is 36.8 Å². The van der Waals surface area contributed by atoms with Crippen molar-refractivity contribution in [1.29, 1.82) is 0 Å². The normalized spacial score (nSPS) is 15.6. The fraction of sp³-hybridized carbons (Fsp3) is 0.286. The molecular formula is C21H20FN3O2. The van der Waals surface area contributed by atoms with Gasteiger partial charge in [0.05, 0.1) is 6.04 Å². The molecule has 1 N–H and O–H groups in total. The number of pyridine rings is 1. The molecule has 1 unspecified atom stereocenters. The lowest BCUT2D eigenvalue weighted by molar-refractivity contribution is 0.0912. The monoisotopic (exact) mass is 365 g/mol. The Bertz CT molecular complexity index is 903. The molecule has 3 aromatic rings. The maximum Gasteiger partial charge on any atom is 0.273 e. The summed E-state index contributed by atoms with van der Waals surface area (Å²) in [7, 11) is 0. The summed E-state index contributed by atoms with van der Waals surface area (Å²) in [5, 5.41) is 6.99. The number of nitrogens with zero attached hydrogens (tertiary/aromatic N) is 2. The molecule has 2 heterocycles. The summed E-state index contributed by atoms with van der Waals surface area (Å²) in [4.78, 5) is 16.7. The van der Waals surface area contributed by atoms with Crippen LogP contribution in [-0.4, -0.2) is 16.0 Å². The molecule has 1 amide bonds. The van der Waals surface area contributed by atoms with E-state index in [1.165, 1.54) is 12.1 Å². The van der Waals surface area contributed by atoms with Crippen molar-refractivity contribution in [2.75, 3.05) is 0 Å². The topological polar surface area (TPSA) is 68.0 Å². The second-order valence-electron chi connectivity index (χ2n) is 6.86. The molecule has 0 spiro atoms. The molecular weight excluding hydrogens is 345 g/mol. The molecule has 1 atom stereocenters. The van der Waals surface area contributed by atoms with Gasteiger partial charge in [-0.15, -0.1) is 0 Å². The average Bonchev–Trinajstić information content (AvgIpc) is 3.40. The van der Waals surface area contributed by atoms with Gasteiger partial charge in [0.2, 0.25) is 0 Å². The van der Waals surface area contributed by atoms with Crippen molar-refractivity contribution in [1.82, 2.24) is 15.5 Å². The lowest BCUT2D eigenvalue weighted by Crippen LogP contribution is -2.33. The minimum Gasteiger partial charge on any atom is -0.355 e. The zero-order chi connectivity index (χ0) is 18.6. The molecule has 138 valence electrons. The van der Waals surface area contributed by atoms with Crippen LogP contribution in [0.15, 0.2) is 59.4 Å². The Morgan fingerprint density at radius 1 is 1.11 bits per heavy atom. The van der Waals surface area contributed by atoms with Crippen LogP contribution in [0.25, 0.3) is 11.3 Å². The Morgan fingerprint density at radius 2 is 1.81 bits per heavy atom. The maximum absolute atomic E-state index is 13.3. The van der Waals surface area contributed by atoms with Gasteiger partial charge in [-0.1, -0.05) is 30.1 Å². The SMILES string of the molecule is O=C(NC(c1ccc(F)cc1)C1CCCC1)c1cc(-c2ccncc2)on1. The van der Waals surface area contributed by atoms with Gasteiger partial charge in [0.15, 0.2) is 11.5 Å². The molecule has 1 aromatic carbocycles. The number of aromatic nitrogens is 2. The zero-order valence-electron chi connectivity index (χ0n) is 14.8. The largest absolute Gasteiger partial charge is 0.355 e. The van der Waals surface area contributed by atoms with Crippen LogP contribution >= 0.6 is 0 Å². The molecule has 4 rings (SSSR count). The van der Waals surface area contributed by atoms with Crippen LogP contribution in [0.4, 0.5) is 4.39 Å². The van der Waals surface area contributed by atoms with E-state index in [2.05, 4.69) is 15.5 Å². The van der Waals surface area contributed by atoms with Gasteiger partial charge in [0, 0.05) is 24.0 Å². The summed E-state index contributed by atoms with van der Waals surface area (Å²) in [6, 6.07) is 11.4. The van der Waals surface area contributed by atoms with Crippen LogP contribution in [0, 0.1) is 11.7 Å². The third-order valence-corrected chi connectivity index (χ3v) is 5.09. The summed E-state index contributed by atoms with van der Waals surface area (Å²) < 4.78 is 18.6. The third-order valence-electron chi connectivity index (χ3n) is 5.09. The fourth-order valence-corrected chi connectivity index (χ4v) is 3.68. The fourth-order valence-electron chi connectivity index (χ4n) is 3.68. The first-order valence-corrected chi connectivity index (χ1v) is 9.14. The van der Waals surface area contributed by atoms with E-state index < -0.39 is 0 Å². The predicted molar refractivity (Wildman–Crippen MR) is 98.3 cm³/mol. The van der Waals surface area contributed by atoms with Gasteiger partial charge < -0.3 is 9.84 Å². The number of carbonyl (C=O) groups is 1. The van der Waals surface area contributed by atoms with Crippen LogP contribution in [0.2, 0.25) is 0 Å². The lowest BCUT2D eigenvalue weighted by Gasteiger charge is -2.24. The first kappa shape index (κ1) is 17.4. The molecule has 0 aliphatic heterocycles. The Labute approximate surface area is 156 Å². The highest BCUT2D eigenvalue weighted by molar-refractivity contribution is 5.93. The molecule has 1 aliphatic rings. The molecule has 27 heavy (non-hydrogen) atoms. The summed E-state index contributed by atoms with van der Waals surface area (Å²) >= 11 is 0. The maximum atomic E-state index is 13.3. The number of hydrogen-bond acceptors (Lipinski definition) is 4. The zero-order valence-corrected chi connectivity index (χ0v) is 14.8. The van der Waals surface area contributed by atoms with Crippen LogP contribution in [0.5, 0.6) is 0 Å². The molecule has 0 bridgehead atoms. The molecule has 0 saturated heterocycles. The van der Waals surface area contributed by atoms with E-state index >= 15 is 0 Å². The number of benzene rings is 1. The summed E-state index contributed by atoms with van der Waals surface area (Å²) in [5.41, 5.74) is 1.95. The Kier molecular flexibility index (Phi) is 4.96. The minimum atomic E-state index is -0.291. The Balaban J connectivity index is 1.55. The van der Waals surface area contributed by atoms with Gasteiger partial charge in [0.1, 0.15) is 5.82 Å². The van der Waals surface area contributed by atoms with Crippen molar-refractivity contribution in [2.45, 2.75) is 31.7 Å². The molecule has 5 nitrogen and oxygen atoms in total. The summed E-state index contributed by atoms with van der Waals surface area (Å²) in [6.07, 6.45) is 7.69. The second kappa shape index (κ2) is 7.70. The van der Waals surface area contributed by atoms with Crippen molar-refractivity contribution >= 4 is 5.91 Å². The van der Waals surface area contributed by atoms with E-state index in [1.807, 2.05) is 0 Å². The van der Waals surface area contributed by atoms with Gasteiger partial charge in [-0.2, -0.15) is 0 Å². The number of rotatable bonds is 5. The van der Waals surface area contributed by atoms with Crippen LogP contribution in [0.3, 0.4) is 0 Å². The predicted octanol–water partition coefficient (Wildman–Crippen LogP) is 4.54. The van der Waals surface area contributed by atoms with Gasteiger partial charge in [-0.25, -0.2) is 4.39 Å². The Hall–Kier alpha value is -3.02. The number of nitrogens with one attached hydrogen (secondary N) is 1. The molecule has 2 aromatic heterocycles. The minimum absolute atomic E-state index is 0.165. The number of amides is 1. The van der Waals surface area contributed by atoms with Crippen LogP contribution in [-0.2, 0) is 0 Å². The molecule has 0 radical (unpaired) electrons. The number of hydrogen-bond donors (Lipinski definition) is 1. The van der Waals surface area contributed by atoms with Gasteiger partial charge >= 0.3 is 0 Å². The van der Waals surface area contributed by atoms with E-state index in [0.29, 0.717) is 11.7 Å². The average molecular weight is 365 g/mol. The number of carbonyl (C=O) groups excluding carboxylic acids is 1. The van der Waals surface area contributed by atoms with Crippen molar-refractivity contribution in [3.8, 4) is 11.3 Å². The van der Waals surface area contributed by atoms with Crippen molar-refractivity contribution in [3.63, 3.8) is 0 Å². The van der Waals surface area contributed by atoms with Gasteiger partial charge in [-0.05, 0) is 48.6 Å². The lowest BCUT2D eigenvalue weighted by atomic mass is 9.91. The van der Waals surface area contributed by atoms with Crippen LogP contribution < -0.4 is 5.32 Å². The standard InChI is InChI=1S/C21H20FN3O2/c22-17-7-5-16(6-8-17)20(15-3-1-2-4-15)24-21(26)18-13-19(27-25-18)14-9-11-23-12-10-14/h5-13,15,20H,1-4H2,(H,24,26). The van der Waals surface area contributed by atoms with Gasteiger partial charge in [-0.3, -0.25) is 9.78 Å². The quantitative estimate of drug-likeness (QED) is 0.721. The summed E-state index contributed by atoms with van der Waals surface area (Å²) in [5.74, 6) is 0.279. The Morgan fingerprint density at radius 3 is 2.52 bits per heavy atom. The van der Waals surface area contributed by atoms with E-state index in [9.17, 15) is 9.18 Å². The molecule has 1 aliphatic carbocycles. The van der Waals surface area contributed by atoms with Gasteiger partial charge in [0.25, 0.3) is 5.91 Å². The smallest absolute Gasteiger partial charge is 0.273 e. The second-order valence-corrected chi connectivity index (χ2v) is 6.86. The highest BCUT2D eigenvalue weighted by Gasteiger charge is 2.29. The summed E-state index contributed by atoms with van der Waals surface area (Å²) in [6.45, 7) is 0. The first-order chi connectivity index (χ1) is 13.2. The molecule has 1 saturated carbocycles. The highest BCUT2D eigenvalue weighted by Crippen LogP contribution is 2.36. The first-order valence-electron chi connectivity index (χ1n) is 9.14. The van der Waals surface area contributed by atoms with E-state index in [4.69, 9.17) is 4.52 Å².